The van der Waals surface area contributed by atoms with E-state index in [9.17, 15) is 0 Å². The normalized spacial score (nSPS) is 23.2. The first-order valence-electron chi connectivity index (χ1n) is 7.01. The summed E-state index contributed by atoms with van der Waals surface area (Å²) in [7, 11) is 2.06. The predicted octanol–water partition coefficient (Wildman–Crippen LogP) is 3.30. The molecule has 0 aliphatic carbocycles. The number of nitrogens with one attached hydrogen (secondary N) is 1. The summed E-state index contributed by atoms with van der Waals surface area (Å²) in [6, 6.07) is 4.64. The van der Waals surface area contributed by atoms with Gasteiger partial charge in [0.25, 0.3) is 0 Å². The topological polar surface area (TPSA) is 21.3 Å². The Morgan fingerprint density at radius 2 is 2.42 bits per heavy atom. The average Bonchev–Trinajstić information content (AvgIpc) is 3.05. The fourth-order valence-corrected chi connectivity index (χ4v) is 4.77. The van der Waals surface area contributed by atoms with Gasteiger partial charge >= 0.3 is 0 Å². The molecule has 2 heterocycles. The van der Waals surface area contributed by atoms with E-state index in [1.807, 2.05) is 6.07 Å². The molecule has 3 rings (SSSR count). The first-order chi connectivity index (χ1) is 9.28. The largest absolute Gasteiger partial charge is 0.493 e. The number of thioether (sulfide) groups is 1. The number of likely N-dealkylation sites (N-methyl/N-ethyl adjacent to an activating group) is 1. The zero-order chi connectivity index (χ0) is 13.2. The van der Waals surface area contributed by atoms with E-state index in [0.717, 1.165) is 35.5 Å². The molecule has 0 amide bonds. The standard InChI is InChI=1S/C15H20ClNOS/c1-17-13(14-3-2-6-19-14)9-11-8-12(16)7-10-4-5-18-15(10)11/h7-8,13-14,17H,2-6,9H2,1H3. The van der Waals surface area contributed by atoms with E-state index in [4.69, 9.17) is 16.3 Å². The SMILES string of the molecule is CNC(Cc1cc(Cl)cc2c1OCC2)C1CCCS1. The molecule has 0 aromatic heterocycles. The summed E-state index contributed by atoms with van der Waals surface area (Å²) < 4.78 is 5.80. The summed E-state index contributed by atoms with van der Waals surface area (Å²) >= 11 is 8.33. The quantitative estimate of drug-likeness (QED) is 0.921. The highest BCUT2D eigenvalue weighted by Gasteiger charge is 2.27. The van der Waals surface area contributed by atoms with Crippen LogP contribution in [0.3, 0.4) is 0 Å². The van der Waals surface area contributed by atoms with Gasteiger partial charge in [0, 0.05) is 22.7 Å². The molecule has 0 spiro atoms. The molecule has 19 heavy (non-hydrogen) atoms. The molecule has 0 saturated carbocycles. The fourth-order valence-electron chi connectivity index (χ4n) is 3.07. The van der Waals surface area contributed by atoms with Gasteiger partial charge in [0.15, 0.2) is 0 Å². The minimum Gasteiger partial charge on any atom is -0.493 e. The maximum absolute atomic E-state index is 6.23. The Labute approximate surface area is 124 Å². The summed E-state index contributed by atoms with van der Waals surface area (Å²) in [6.07, 6.45) is 4.67. The second-order valence-electron chi connectivity index (χ2n) is 5.30. The highest BCUT2D eigenvalue weighted by atomic mass is 35.5. The van der Waals surface area contributed by atoms with Crippen LogP contribution in [-0.2, 0) is 12.8 Å². The molecule has 1 fully saturated rings. The van der Waals surface area contributed by atoms with Gasteiger partial charge in [0.1, 0.15) is 5.75 Å². The van der Waals surface area contributed by atoms with Crippen molar-refractivity contribution in [1.29, 1.82) is 0 Å². The van der Waals surface area contributed by atoms with E-state index in [0.29, 0.717) is 6.04 Å². The third kappa shape index (κ3) is 2.88. The van der Waals surface area contributed by atoms with E-state index in [-0.39, 0.29) is 0 Å². The molecule has 104 valence electrons. The Kier molecular flexibility index (Phi) is 4.25. The van der Waals surface area contributed by atoms with Gasteiger partial charge in [-0.25, -0.2) is 0 Å². The third-order valence-corrected chi connectivity index (χ3v) is 5.78. The Balaban J connectivity index is 1.81. The number of halogens is 1. The third-order valence-electron chi connectivity index (χ3n) is 4.05. The fraction of sp³-hybridized carbons (Fsp3) is 0.600. The molecule has 1 saturated heterocycles. The van der Waals surface area contributed by atoms with Crippen molar-refractivity contribution in [2.45, 2.75) is 37.0 Å². The summed E-state index contributed by atoms with van der Waals surface area (Å²) in [5.74, 6) is 2.39. The van der Waals surface area contributed by atoms with Crippen molar-refractivity contribution in [1.82, 2.24) is 5.32 Å². The lowest BCUT2D eigenvalue weighted by atomic mass is 9.98. The van der Waals surface area contributed by atoms with Crippen LogP contribution in [0.15, 0.2) is 12.1 Å². The van der Waals surface area contributed by atoms with Gasteiger partial charge in [-0.2, -0.15) is 11.8 Å². The van der Waals surface area contributed by atoms with Gasteiger partial charge in [-0.15, -0.1) is 0 Å². The second-order valence-corrected chi connectivity index (χ2v) is 7.09. The van der Waals surface area contributed by atoms with Crippen LogP contribution in [0.1, 0.15) is 24.0 Å². The highest BCUT2D eigenvalue weighted by molar-refractivity contribution is 8.00. The van der Waals surface area contributed by atoms with Crippen LogP contribution in [0, 0.1) is 0 Å². The Hall–Kier alpha value is -0.380. The predicted molar refractivity (Wildman–Crippen MR) is 82.7 cm³/mol. The average molecular weight is 298 g/mol. The van der Waals surface area contributed by atoms with E-state index in [1.165, 1.54) is 29.7 Å². The maximum Gasteiger partial charge on any atom is 0.125 e. The molecule has 0 radical (unpaired) electrons. The number of hydrogen-bond donors (Lipinski definition) is 1. The number of ether oxygens (including phenoxy) is 1. The first kappa shape index (κ1) is 13.6. The first-order valence-corrected chi connectivity index (χ1v) is 8.43. The smallest absolute Gasteiger partial charge is 0.125 e. The molecule has 1 aromatic carbocycles. The minimum absolute atomic E-state index is 0.513. The zero-order valence-electron chi connectivity index (χ0n) is 11.2. The van der Waals surface area contributed by atoms with Gasteiger partial charge in [-0.1, -0.05) is 11.6 Å². The molecular formula is C15H20ClNOS. The summed E-state index contributed by atoms with van der Waals surface area (Å²) in [4.78, 5) is 0. The lowest BCUT2D eigenvalue weighted by Gasteiger charge is -2.23. The molecular weight excluding hydrogens is 278 g/mol. The van der Waals surface area contributed by atoms with Crippen molar-refractivity contribution < 1.29 is 4.74 Å². The summed E-state index contributed by atoms with van der Waals surface area (Å²) in [6.45, 7) is 0.797. The van der Waals surface area contributed by atoms with Crippen molar-refractivity contribution in [2.24, 2.45) is 0 Å². The van der Waals surface area contributed by atoms with Crippen molar-refractivity contribution in [3.63, 3.8) is 0 Å². The molecule has 2 unspecified atom stereocenters. The van der Waals surface area contributed by atoms with E-state index >= 15 is 0 Å². The van der Waals surface area contributed by atoms with Crippen LogP contribution in [0.4, 0.5) is 0 Å². The maximum atomic E-state index is 6.23. The number of hydrogen-bond acceptors (Lipinski definition) is 3. The number of benzene rings is 1. The Bertz CT molecular complexity index is 460. The zero-order valence-corrected chi connectivity index (χ0v) is 12.8. The monoisotopic (exact) mass is 297 g/mol. The Morgan fingerprint density at radius 3 is 3.16 bits per heavy atom. The van der Waals surface area contributed by atoms with Crippen LogP contribution in [-0.4, -0.2) is 30.7 Å². The lowest BCUT2D eigenvalue weighted by molar-refractivity contribution is 0.351. The van der Waals surface area contributed by atoms with Crippen molar-refractivity contribution in [3.05, 3.63) is 28.3 Å². The van der Waals surface area contributed by atoms with Crippen molar-refractivity contribution in [2.75, 3.05) is 19.4 Å². The molecule has 2 nitrogen and oxygen atoms in total. The van der Waals surface area contributed by atoms with E-state index in [2.05, 4.69) is 30.2 Å². The summed E-state index contributed by atoms with van der Waals surface area (Å²) in [5, 5.41) is 5.05. The van der Waals surface area contributed by atoms with Gasteiger partial charge < -0.3 is 10.1 Å². The van der Waals surface area contributed by atoms with E-state index in [1.54, 1.807) is 0 Å². The molecule has 0 bridgehead atoms. The number of fused-ring (bicyclic) bond motifs is 1. The van der Waals surface area contributed by atoms with Crippen LogP contribution in [0.25, 0.3) is 0 Å². The molecule has 1 aromatic rings. The Morgan fingerprint density at radius 1 is 1.53 bits per heavy atom. The van der Waals surface area contributed by atoms with Gasteiger partial charge in [0.05, 0.1) is 6.61 Å². The van der Waals surface area contributed by atoms with Crippen LogP contribution >= 0.6 is 23.4 Å². The molecule has 2 aliphatic heterocycles. The lowest BCUT2D eigenvalue weighted by Crippen LogP contribution is -2.36. The molecule has 2 aliphatic rings. The van der Waals surface area contributed by atoms with Gasteiger partial charge in [-0.05, 0) is 55.3 Å². The van der Waals surface area contributed by atoms with Crippen LogP contribution in [0.5, 0.6) is 5.75 Å². The van der Waals surface area contributed by atoms with Crippen LogP contribution in [0.2, 0.25) is 5.02 Å². The second kappa shape index (κ2) is 5.94. The molecule has 4 heteroatoms. The van der Waals surface area contributed by atoms with Gasteiger partial charge in [0.2, 0.25) is 0 Å². The summed E-state index contributed by atoms with van der Waals surface area (Å²) in [5.41, 5.74) is 2.54. The van der Waals surface area contributed by atoms with E-state index < -0.39 is 0 Å². The molecule has 1 N–H and O–H groups in total. The number of rotatable bonds is 4. The van der Waals surface area contributed by atoms with Gasteiger partial charge in [-0.3, -0.25) is 0 Å². The highest BCUT2D eigenvalue weighted by Crippen LogP contribution is 2.36. The van der Waals surface area contributed by atoms with Crippen LogP contribution < -0.4 is 10.1 Å². The van der Waals surface area contributed by atoms with Crippen molar-refractivity contribution >= 4 is 23.4 Å². The molecule has 2 atom stereocenters. The van der Waals surface area contributed by atoms with Crippen molar-refractivity contribution in [3.8, 4) is 5.75 Å². The minimum atomic E-state index is 0.513.